The van der Waals surface area contributed by atoms with Gasteiger partial charge in [-0.15, -0.1) is 0 Å². The molecule has 4 N–H and O–H groups in total. The van der Waals surface area contributed by atoms with E-state index in [9.17, 15) is 18.3 Å². The van der Waals surface area contributed by atoms with Crippen LogP contribution >= 0.6 is 0 Å². The Morgan fingerprint density at radius 3 is 2.33 bits per heavy atom. The van der Waals surface area contributed by atoms with Crippen LogP contribution in [0, 0.1) is 0 Å². The maximum Gasteiger partial charge on any atom is 0.490 e. The predicted octanol–water partition coefficient (Wildman–Crippen LogP) is -0.0802. The van der Waals surface area contributed by atoms with E-state index in [-0.39, 0.29) is 0 Å². The van der Waals surface area contributed by atoms with Crippen molar-refractivity contribution >= 4 is 5.97 Å². The third kappa shape index (κ3) is 4.34. The lowest BCUT2D eigenvalue weighted by Gasteiger charge is -2.36. The number of aromatic nitrogens is 2. The Balaban J connectivity index is 0.000000203. The summed E-state index contributed by atoms with van der Waals surface area (Å²) in [5, 5.41) is 19.8. The summed E-state index contributed by atoms with van der Waals surface area (Å²) in [4.78, 5) is 15.9. The standard InChI is InChI=1S/C7H11N3O.C2HF3O2/c11-7(4-8-5-7)3-6-9-1-2-10-6;3-2(4,5)1(6)7/h1-2,8,11H,3-5H2,(H,9,10);(H,6,7). The second-order valence-electron chi connectivity index (χ2n) is 3.84. The van der Waals surface area contributed by atoms with Gasteiger partial charge in [-0.25, -0.2) is 9.78 Å². The lowest BCUT2D eigenvalue weighted by Crippen LogP contribution is -2.60. The first kappa shape index (κ1) is 14.5. The van der Waals surface area contributed by atoms with Crippen LogP contribution in [0.3, 0.4) is 0 Å². The Morgan fingerprint density at radius 1 is 1.50 bits per heavy atom. The number of carboxylic acid groups (broad SMARTS) is 1. The van der Waals surface area contributed by atoms with Gasteiger partial charge in [-0.1, -0.05) is 0 Å². The number of aliphatic hydroxyl groups is 1. The van der Waals surface area contributed by atoms with Crippen molar-refractivity contribution in [2.45, 2.75) is 18.2 Å². The summed E-state index contributed by atoms with van der Waals surface area (Å²) in [6, 6.07) is 0. The van der Waals surface area contributed by atoms with Crippen LogP contribution in [0.4, 0.5) is 13.2 Å². The fourth-order valence-electron chi connectivity index (χ4n) is 1.24. The first-order valence-electron chi connectivity index (χ1n) is 4.94. The van der Waals surface area contributed by atoms with E-state index >= 15 is 0 Å². The minimum absolute atomic E-state index is 0.558. The molecule has 0 radical (unpaired) electrons. The van der Waals surface area contributed by atoms with E-state index in [1.165, 1.54) is 0 Å². The largest absolute Gasteiger partial charge is 0.490 e. The molecule has 0 spiro atoms. The van der Waals surface area contributed by atoms with Crippen LogP contribution in [0.15, 0.2) is 12.4 Å². The summed E-state index contributed by atoms with van der Waals surface area (Å²) < 4.78 is 31.7. The van der Waals surface area contributed by atoms with E-state index < -0.39 is 17.7 Å². The van der Waals surface area contributed by atoms with E-state index in [0.29, 0.717) is 19.5 Å². The SMILES string of the molecule is O=C(O)C(F)(F)F.OC1(Cc2ncc[nH]2)CNC1. The zero-order valence-corrected chi connectivity index (χ0v) is 9.16. The normalized spacial score (nSPS) is 17.3. The number of aromatic amines is 1. The molecule has 1 aromatic rings. The highest BCUT2D eigenvalue weighted by Crippen LogP contribution is 2.14. The molecule has 0 saturated carbocycles. The van der Waals surface area contributed by atoms with Gasteiger partial charge in [-0.05, 0) is 0 Å². The maximum atomic E-state index is 10.6. The number of alkyl halides is 3. The topological polar surface area (TPSA) is 98.2 Å². The van der Waals surface area contributed by atoms with Crippen LogP contribution in [0.5, 0.6) is 0 Å². The molecular weight excluding hydrogens is 255 g/mol. The molecule has 1 aliphatic heterocycles. The van der Waals surface area contributed by atoms with Crippen LogP contribution in [0.25, 0.3) is 0 Å². The van der Waals surface area contributed by atoms with E-state index in [2.05, 4.69) is 15.3 Å². The van der Waals surface area contributed by atoms with Gasteiger partial charge < -0.3 is 20.5 Å². The highest BCUT2D eigenvalue weighted by atomic mass is 19.4. The quantitative estimate of drug-likeness (QED) is 0.601. The van der Waals surface area contributed by atoms with Crippen LogP contribution in [0.1, 0.15) is 5.82 Å². The van der Waals surface area contributed by atoms with Crippen molar-refractivity contribution in [3.8, 4) is 0 Å². The summed E-state index contributed by atoms with van der Waals surface area (Å²) in [6.07, 6.45) is -0.997. The number of hydrogen-bond donors (Lipinski definition) is 4. The lowest BCUT2D eigenvalue weighted by atomic mass is 9.93. The van der Waals surface area contributed by atoms with Crippen LogP contribution in [-0.2, 0) is 11.2 Å². The van der Waals surface area contributed by atoms with Crippen molar-refractivity contribution in [3.05, 3.63) is 18.2 Å². The summed E-state index contributed by atoms with van der Waals surface area (Å²) in [5.74, 6) is -1.90. The Labute approximate surface area is 99.8 Å². The lowest BCUT2D eigenvalue weighted by molar-refractivity contribution is -0.192. The number of nitrogens with zero attached hydrogens (tertiary/aromatic N) is 1. The number of nitrogens with one attached hydrogen (secondary N) is 2. The van der Waals surface area contributed by atoms with Crippen LogP contribution < -0.4 is 5.32 Å². The molecule has 0 aliphatic carbocycles. The average molecular weight is 267 g/mol. The summed E-state index contributed by atoms with van der Waals surface area (Å²) >= 11 is 0. The van der Waals surface area contributed by atoms with Crippen LogP contribution in [-0.4, -0.2) is 51.0 Å². The fraction of sp³-hybridized carbons (Fsp3) is 0.556. The average Bonchev–Trinajstić information content (AvgIpc) is 2.67. The number of hydrogen-bond acceptors (Lipinski definition) is 4. The molecule has 18 heavy (non-hydrogen) atoms. The minimum atomic E-state index is -5.08. The maximum absolute atomic E-state index is 10.6. The van der Waals surface area contributed by atoms with Gasteiger partial charge in [-0.3, -0.25) is 0 Å². The molecule has 102 valence electrons. The number of carbonyl (C=O) groups is 1. The molecule has 0 bridgehead atoms. The number of β-amino-alcohol motifs (C(OH)–C–C–N with tert-alkyl or cyclic N) is 1. The number of H-pyrrole nitrogens is 1. The Bertz CT molecular complexity index is 388. The molecule has 1 aliphatic rings. The van der Waals surface area contributed by atoms with Crippen molar-refractivity contribution in [1.29, 1.82) is 0 Å². The predicted molar refractivity (Wildman–Crippen MR) is 53.8 cm³/mol. The number of imidazole rings is 1. The van der Waals surface area contributed by atoms with Gasteiger partial charge >= 0.3 is 12.1 Å². The molecule has 2 heterocycles. The molecule has 0 amide bonds. The molecule has 0 aromatic carbocycles. The summed E-state index contributed by atoms with van der Waals surface area (Å²) in [6.45, 7) is 1.35. The number of halogens is 3. The van der Waals surface area contributed by atoms with E-state index in [1.54, 1.807) is 12.4 Å². The minimum Gasteiger partial charge on any atom is -0.475 e. The second kappa shape index (κ2) is 5.36. The molecular formula is C9H12F3N3O3. The van der Waals surface area contributed by atoms with Gasteiger partial charge in [0.05, 0.1) is 5.60 Å². The third-order valence-corrected chi connectivity index (χ3v) is 2.20. The molecule has 9 heteroatoms. The zero-order chi connectivity index (χ0) is 13.8. The Kier molecular flexibility index (Phi) is 4.30. The van der Waals surface area contributed by atoms with Crippen molar-refractivity contribution in [3.63, 3.8) is 0 Å². The van der Waals surface area contributed by atoms with E-state index in [0.717, 1.165) is 5.82 Å². The first-order chi connectivity index (χ1) is 8.23. The third-order valence-electron chi connectivity index (χ3n) is 2.20. The van der Waals surface area contributed by atoms with Crippen molar-refractivity contribution in [2.75, 3.05) is 13.1 Å². The van der Waals surface area contributed by atoms with E-state index in [4.69, 9.17) is 9.90 Å². The molecule has 1 saturated heterocycles. The molecule has 6 nitrogen and oxygen atoms in total. The summed E-state index contributed by atoms with van der Waals surface area (Å²) in [7, 11) is 0. The van der Waals surface area contributed by atoms with Gasteiger partial charge in [0.15, 0.2) is 0 Å². The smallest absolute Gasteiger partial charge is 0.475 e. The van der Waals surface area contributed by atoms with Gasteiger partial charge in [-0.2, -0.15) is 13.2 Å². The number of aliphatic carboxylic acids is 1. The van der Waals surface area contributed by atoms with Crippen molar-refractivity contribution in [1.82, 2.24) is 15.3 Å². The first-order valence-corrected chi connectivity index (χ1v) is 4.94. The second-order valence-corrected chi connectivity index (χ2v) is 3.84. The van der Waals surface area contributed by atoms with Gasteiger partial charge in [0.1, 0.15) is 5.82 Å². The van der Waals surface area contributed by atoms with Gasteiger partial charge in [0.25, 0.3) is 0 Å². The highest BCUT2D eigenvalue weighted by Gasteiger charge is 2.38. The van der Waals surface area contributed by atoms with Gasteiger partial charge in [0, 0.05) is 31.9 Å². The molecule has 0 atom stereocenters. The van der Waals surface area contributed by atoms with Crippen molar-refractivity contribution < 1.29 is 28.2 Å². The number of carboxylic acids is 1. The van der Waals surface area contributed by atoms with Crippen LogP contribution in [0.2, 0.25) is 0 Å². The van der Waals surface area contributed by atoms with Crippen molar-refractivity contribution in [2.24, 2.45) is 0 Å². The molecule has 1 fully saturated rings. The molecule has 2 rings (SSSR count). The number of rotatable bonds is 2. The fourth-order valence-corrected chi connectivity index (χ4v) is 1.24. The molecule has 1 aromatic heterocycles. The molecule has 0 unspecified atom stereocenters. The summed E-state index contributed by atoms with van der Waals surface area (Å²) in [5.41, 5.74) is -0.558. The highest BCUT2D eigenvalue weighted by molar-refractivity contribution is 5.73. The van der Waals surface area contributed by atoms with E-state index in [1.807, 2.05) is 0 Å². The van der Waals surface area contributed by atoms with Gasteiger partial charge in [0.2, 0.25) is 0 Å². The Morgan fingerprint density at radius 2 is 2.06 bits per heavy atom. The Hall–Kier alpha value is -1.61. The zero-order valence-electron chi connectivity index (χ0n) is 9.16. The monoisotopic (exact) mass is 267 g/mol.